The number of hydrogen-bond acceptors (Lipinski definition) is 3. The van der Waals surface area contributed by atoms with E-state index >= 15 is 0 Å². The molecule has 2 saturated heterocycles. The van der Waals surface area contributed by atoms with Gasteiger partial charge in [0.05, 0.1) is 5.02 Å². The number of nitrogens with one attached hydrogen (secondary N) is 1. The summed E-state index contributed by atoms with van der Waals surface area (Å²) in [5.74, 6) is 0.729. The van der Waals surface area contributed by atoms with Gasteiger partial charge in [-0.1, -0.05) is 11.6 Å². The summed E-state index contributed by atoms with van der Waals surface area (Å²) >= 11 is 7.45. The predicted molar refractivity (Wildman–Crippen MR) is 69.7 cm³/mol. The molecule has 2 aliphatic rings. The summed E-state index contributed by atoms with van der Waals surface area (Å²) < 4.78 is 0. The lowest BCUT2D eigenvalue weighted by molar-refractivity contribution is 0.0790. The zero-order valence-electron chi connectivity index (χ0n) is 9.49. The number of amides is 1. The Bertz CT molecular complexity index is 420. The van der Waals surface area contributed by atoms with Gasteiger partial charge in [0.2, 0.25) is 0 Å². The number of nitrogens with zero attached hydrogens (tertiary/aromatic N) is 1. The van der Waals surface area contributed by atoms with Crippen LogP contribution in [0.1, 0.15) is 22.5 Å². The highest BCUT2D eigenvalue weighted by molar-refractivity contribution is 7.12. The molecule has 17 heavy (non-hydrogen) atoms. The van der Waals surface area contributed by atoms with Gasteiger partial charge in [-0.2, -0.15) is 0 Å². The minimum Gasteiger partial charge on any atom is -0.336 e. The first-order chi connectivity index (χ1) is 8.25. The van der Waals surface area contributed by atoms with Crippen molar-refractivity contribution in [2.45, 2.75) is 18.9 Å². The third-order valence-electron chi connectivity index (χ3n) is 3.70. The molecule has 0 radical (unpaired) electrons. The smallest absolute Gasteiger partial charge is 0.265 e. The molecule has 0 unspecified atom stereocenters. The fraction of sp³-hybridized carbons (Fsp3) is 0.583. The molecule has 2 aliphatic heterocycles. The SMILES string of the molecule is O=C(c1sccc1Cl)N1C[C@@H]2CCCN[C@@H]2C1. The van der Waals surface area contributed by atoms with Crippen LogP contribution in [-0.2, 0) is 0 Å². The van der Waals surface area contributed by atoms with Gasteiger partial charge in [0.15, 0.2) is 0 Å². The first-order valence-corrected chi connectivity index (χ1v) is 7.27. The van der Waals surface area contributed by atoms with Crippen LogP contribution in [0.4, 0.5) is 0 Å². The van der Waals surface area contributed by atoms with Crippen LogP contribution in [0.25, 0.3) is 0 Å². The minimum absolute atomic E-state index is 0.0983. The van der Waals surface area contributed by atoms with Crippen molar-refractivity contribution in [3.05, 3.63) is 21.3 Å². The maximum absolute atomic E-state index is 12.3. The van der Waals surface area contributed by atoms with E-state index in [9.17, 15) is 4.79 Å². The number of piperidine rings is 1. The summed E-state index contributed by atoms with van der Waals surface area (Å²) in [5, 5.41) is 5.96. The first-order valence-electron chi connectivity index (χ1n) is 6.01. The van der Waals surface area contributed by atoms with Crippen molar-refractivity contribution in [3.8, 4) is 0 Å². The van der Waals surface area contributed by atoms with Crippen LogP contribution in [0, 0.1) is 5.92 Å². The van der Waals surface area contributed by atoms with Crippen LogP contribution in [0.15, 0.2) is 11.4 Å². The van der Waals surface area contributed by atoms with Crippen molar-refractivity contribution >= 4 is 28.8 Å². The van der Waals surface area contributed by atoms with Crippen LogP contribution >= 0.6 is 22.9 Å². The molecule has 0 saturated carbocycles. The Labute approximate surface area is 110 Å². The topological polar surface area (TPSA) is 32.3 Å². The summed E-state index contributed by atoms with van der Waals surface area (Å²) in [5.41, 5.74) is 0. The van der Waals surface area contributed by atoms with Gasteiger partial charge in [0.25, 0.3) is 5.91 Å². The van der Waals surface area contributed by atoms with Gasteiger partial charge in [-0.15, -0.1) is 11.3 Å². The zero-order valence-corrected chi connectivity index (χ0v) is 11.1. The molecule has 0 aliphatic carbocycles. The molecule has 1 amide bonds. The van der Waals surface area contributed by atoms with Crippen LogP contribution in [0.2, 0.25) is 5.02 Å². The Morgan fingerprint density at radius 3 is 3.12 bits per heavy atom. The predicted octanol–water partition coefficient (Wildman–Crippen LogP) is 2.23. The van der Waals surface area contributed by atoms with E-state index in [1.807, 2.05) is 10.3 Å². The molecule has 1 aromatic heterocycles. The quantitative estimate of drug-likeness (QED) is 0.849. The lowest BCUT2D eigenvalue weighted by atomic mass is 9.94. The Hall–Kier alpha value is -0.580. The second-order valence-electron chi connectivity index (χ2n) is 4.77. The van der Waals surface area contributed by atoms with Crippen molar-refractivity contribution in [2.75, 3.05) is 19.6 Å². The number of carbonyl (C=O) groups is 1. The largest absolute Gasteiger partial charge is 0.336 e. The van der Waals surface area contributed by atoms with E-state index in [4.69, 9.17) is 11.6 Å². The lowest BCUT2D eigenvalue weighted by Crippen LogP contribution is -2.41. The molecular formula is C12H15ClN2OS. The Morgan fingerprint density at radius 2 is 2.41 bits per heavy atom. The molecule has 1 N–H and O–H groups in total. The number of thiophene rings is 1. The molecule has 0 aromatic carbocycles. The van der Waals surface area contributed by atoms with Gasteiger partial charge in [-0.25, -0.2) is 0 Å². The van der Waals surface area contributed by atoms with Crippen LogP contribution in [-0.4, -0.2) is 36.5 Å². The second kappa shape index (κ2) is 4.59. The lowest BCUT2D eigenvalue weighted by Gasteiger charge is -2.24. The highest BCUT2D eigenvalue weighted by Crippen LogP contribution is 2.29. The maximum atomic E-state index is 12.3. The standard InChI is InChI=1S/C12H15ClN2OS/c13-9-3-5-17-11(9)12(16)15-6-8-2-1-4-14-10(8)7-15/h3,5,8,10,14H,1-2,4,6-7H2/t8-,10+/m0/s1. The zero-order chi connectivity index (χ0) is 11.8. The number of hydrogen-bond donors (Lipinski definition) is 1. The molecule has 3 rings (SSSR count). The maximum Gasteiger partial charge on any atom is 0.265 e. The molecule has 92 valence electrons. The van der Waals surface area contributed by atoms with E-state index < -0.39 is 0 Å². The molecule has 3 nitrogen and oxygen atoms in total. The molecule has 0 spiro atoms. The van der Waals surface area contributed by atoms with Gasteiger partial charge in [-0.05, 0) is 36.8 Å². The Morgan fingerprint density at radius 1 is 1.53 bits per heavy atom. The molecular weight excluding hydrogens is 256 g/mol. The van der Waals surface area contributed by atoms with Gasteiger partial charge in [-0.3, -0.25) is 4.79 Å². The van der Waals surface area contributed by atoms with Gasteiger partial charge in [0, 0.05) is 19.1 Å². The highest BCUT2D eigenvalue weighted by atomic mass is 35.5. The normalized spacial score (nSPS) is 28.2. The molecule has 2 atom stereocenters. The number of rotatable bonds is 1. The first kappa shape index (κ1) is 11.5. The van der Waals surface area contributed by atoms with Crippen molar-refractivity contribution < 1.29 is 4.79 Å². The number of likely N-dealkylation sites (tertiary alicyclic amines) is 1. The third-order valence-corrected chi connectivity index (χ3v) is 5.03. The summed E-state index contributed by atoms with van der Waals surface area (Å²) in [4.78, 5) is 14.9. The summed E-state index contributed by atoms with van der Waals surface area (Å²) in [6.45, 7) is 2.80. The minimum atomic E-state index is 0.0983. The van der Waals surface area contributed by atoms with Crippen molar-refractivity contribution in [2.24, 2.45) is 5.92 Å². The fourth-order valence-electron chi connectivity index (χ4n) is 2.80. The van der Waals surface area contributed by atoms with Crippen molar-refractivity contribution in [1.82, 2.24) is 10.2 Å². The van der Waals surface area contributed by atoms with Crippen LogP contribution in [0.5, 0.6) is 0 Å². The highest BCUT2D eigenvalue weighted by Gasteiger charge is 2.37. The summed E-state index contributed by atoms with van der Waals surface area (Å²) in [6, 6.07) is 2.28. The number of carbonyl (C=O) groups excluding carboxylic acids is 1. The number of halogens is 1. The fourth-order valence-corrected chi connectivity index (χ4v) is 3.91. The van der Waals surface area contributed by atoms with E-state index in [-0.39, 0.29) is 5.91 Å². The molecule has 1 aromatic rings. The van der Waals surface area contributed by atoms with Gasteiger partial charge < -0.3 is 10.2 Å². The average Bonchev–Trinajstić information content (AvgIpc) is 2.93. The van der Waals surface area contributed by atoms with E-state index in [0.717, 1.165) is 19.6 Å². The van der Waals surface area contributed by atoms with Crippen molar-refractivity contribution in [3.63, 3.8) is 0 Å². The summed E-state index contributed by atoms with van der Waals surface area (Å²) in [7, 11) is 0. The van der Waals surface area contributed by atoms with E-state index in [1.54, 1.807) is 6.07 Å². The Kier molecular flexibility index (Phi) is 3.11. The van der Waals surface area contributed by atoms with E-state index in [1.165, 1.54) is 24.2 Å². The van der Waals surface area contributed by atoms with Crippen molar-refractivity contribution in [1.29, 1.82) is 0 Å². The van der Waals surface area contributed by atoms with Crippen LogP contribution in [0.3, 0.4) is 0 Å². The molecule has 5 heteroatoms. The summed E-state index contributed by atoms with van der Waals surface area (Å²) in [6.07, 6.45) is 2.46. The van der Waals surface area contributed by atoms with E-state index in [2.05, 4.69) is 5.32 Å². The molecule has 2 fully saturated rings. The van der Waals surface area contributed by atoms with E-state index in [0.29, 0.717) is 21.9 Å². The van der Waals surface area contributed by atoms with Gasteiger partial charge >= 0.3 is 0 Å². The molecule has 3 heterocycles. The average molecular weight is 271 g/mol. The second-order valence-corrected chi connectivity index (χ2v) is 6.09. The van der Waals surface area contributed by atoms with Gasteiger partial charge in [0.1, 0.15) is 4.88 Å². The van der Waals surface area contributed by atoms with Crippen LogP contribution < -0.4 is 5.32 Å². The molecule has 0 bridgehead atoms. The number of fused-ring (bicyclic) bond motifs is 1. The monoisotopic (exact) mass is 270 g/mol. The Balaban J connectivity index is 1.74. The third kappa shape index (κ3) is 2.09.